The first kappa shape index (κ1) is 15.5. The van der Waals surface area contributed by atoms with Crippen LogP contribution in [0, 0.1) is 0 Å². The van der Waals surface area contributed by atoms with Crippen LogP contribution >= 0.6 is 0 Å². The fourth-order valence-electron chi connectivity index (χ4n) is 2.22. The van der Waals surface area contributed by atoms with E-state index in [0.717, 1.165) is 23.3 Å². The average molecular weight is 285 g/mol. The first-order valence-electron chi connectivity index (χ1n) is 7.30. The van der Waals surface area contributed by atoms with Crippen molar-refractivity contribution in [3.8, 4) is 11.5 Å². The molecule has 0 radical (unpaired) electrons. The molecule has 1 heterocycles. The Morgan fingerprint density at radius 2 is 1.90 bits per heavy atom. The Hall–Kier alpha value is -1.87. The lowest BCUT2D eigenvalue weighted by atomic mass is 9.85. The van der Waals surface area contributed by atoms with E-state index in [0.29, 0.717) is 5.75 Å². The first-order valence-corrected chi connectivity index (χ1v) is 7.30. The lowest BCUT2D eigenvalue weighted by molar-refractivity contribution is 0.276. The van der Waals surface area contributed by atoms with Crippen LogP contribution in [0.2, 0.25) is 0 Å². The van der Waals surface area contributed by atoms with E-state index in [9.17, 15) is 5.11 Å². The molecule has 112 valence electrons. The summed E-state index contributed by atoms with van der Waals surface area (Å²) in [4.78, 5) is 4.08. The van der Waals surface area contributed by atoms with Gasteiger partial charge in [-0.2, -0.15) is 0 Å². The van der Waals surface area contributed by atoms with Gasteiger partial charge in [-0.05, 0) is 29.5 Å². The molecule has 21 heavy (non-hydrogen) atoms. The molecule has 3 nitrogen and oxygen atoms in total. The van der Waals surface area contributed by atoms with Crippen LogP contribution in [0.4, 0.5) is 0 Å². The number of rotatable bonds is 4. The topological polar surface area (TPSA) is 42.4 Å². The van der Waals surface area contributed by atoms with Crippen LogP contribution in [-0.2, 0) is 18.4 Å². The van der Waals surface area contributed by atoms with Gasteiger partial charge in [0, 0.05) is 17.3 Å². The Morgan fingerprint density at radius 3 is 2.52 bits per heavy atom. The summed E-state index contributed by atoms with van der Waals surface area (Å²) >= 11 is 0. The summed E-state index contributed by atoms with van der Waals surface area (Å²) in [5.41, 5.74) is 3.18. The van der Waals surface area contributed by atoms with Crippen LogP contribution in [0.15, 0.2) is 36.7 Å². The van der Waals surface area contributed by atoms with Crippen LogP contribution < -0.4 is 4.74 Å². The number of aryl methyl sites for hydroxylation is 1. The van der Waals surface area contributed by atoms with Gasteiger partial charge in [-0.25, -0.2) is 0 Å². The predicted molar refractivity (Wildman–Crippen MR) is 84.8 cm³/mol. The van der Waals surface area contributed by atoms with Crippen LogP contribution in [0.1, 0.15) is 44.4 Å². The minimum Gasteiger partial charge on any atom is -0.455 e. The molecule has 2 rings (SSSR count). The monoisotopic (exact) mass is 285 g/mol. The lowest BCUT2D eigenvalue weighted by Crippen LogP contribution is -2.13. The molecule has 0 saturated heterocycles. The molecule has 0 aliphatic carbocycles. The van der Waals surface area contributed by atoms with E-state index in [1.807, 2.05) is 6.07 Å². The molecule has 3 heteroatoms. The van der Waals surface area contributed by atoms with Gasteiger partial charge in [0.1, 0.15) is 5.75 Å². The standard InChI is InChI=1S/C18H23NO2/c1-5-13-6-7-16(15(10-13)18(2,3)4)21-17-11-19-9-8-14(17)12-20/h6-11,20H,5,12H2,1-4H3. The highest BCUT2D eigenvalue weighted by molar-refractivity contribution is 5.45. The van der Waals surface area contributed by atoms with E-state index in [2.05, 4.69) is 44.8 Å². The number of benzene rings is 1. The van der Waals surface area contributed by atoms with Crippen molar-refractivity contribution < 1.29 is 9.84 Å². The quantitative estimate of drug-likeness (QED) is 0.914. The second kappa shape index (κ2) is 6.27. The number of aromatic nitrogens is 1. The summed E-state index contributed by atoms with van der Waals surface area (Å²) in [5.74, 6) is 1.43. The van der Waals surface area contributed by atoms with Gasteiger partial charge in [0.2, 0.25) is 0 Å². The van der Waals surface area contributed by atoms with E-state index in [-0.39, 0.29) is 12.0 Å². The van der Waals surface area contributed by atoms with Gasteiger partial charge in [0.05, 0.1) is 12.8 Å². The minimum atomic E-state index is -0.0598. The number of ether oxygens (including phenoxy) is 1. The van der Waals surface area contributed by atoms with Crippen molar-refractivity contribution in [2.45, 2.75) is 46.1 Å². The highest BCUT2D eigenvalue weighted by atomic mass is 16.5. The van der Waals surface area contributed by atoms with Gasteiger partial charge in [0.25, 0.3) is 0 Å². The number of nitrogens with zero attached hydrogens (tertiary/aromatic N) is 1. The highest BCUT2D eigenvalue weighted by Crippen LogP contribution is 2.35. The van der Waals surface area contributed by atoms with E-state index < -0.39 is 0 Å². The molecule has 0 spiro atoms. The van der Waals surface area contributed by atoms with E-state index >= 15 is 0 Å². The summed E-state index contributed by atoms with van der Waals surface area (Å²) in [7, 11) is 0. The third kappa shape index (κ3) is 3.61. The molecule has 0 amide bonds. The Labute approximate surface area is 126 Å². The molecular weight excluding hydrogens is 262 g/mol. The Kier molecular flexibility index (Phi) is 4.63. The SMILES string of the molecule is CCc1ccc(Oc2cnccc2CO)c(C(C)(C)C)c1. The molecule has 0 saturated carbocycles. The second-order valence-corrected chi connectivity index (χ2v) is 6.18. The summed E-state index contributed by atoms with van der Waals surface area (Å²) in [6.45, 7) is 8.60. The minimum absolute atomic E-state index is 0.0118. The van der Waals surface area contributed by atoms with Gasteiger partial charge < -0.3 is 9.84 Å². The number of pyridine rings is 1. The van der Waals surface area contributed by atoms with Crippen molar-refractivity contribution >= 4 is 0 Å². The van der Waals surface area contributed by atoms with Crippen molar-refractivity contribution in [1.29, 1.82) is 0 Å². The zero-order valence-electron chi connectivity index (χ0n) is 13.2. The van der Waals surface area contributed by atoms with Crippen LogP contribution in [0.25, 0.3) is 0 Å². The fraction of sp³-hybridized carbons (Fsp3) is 0.389. The summed E-state index contributed by atoms with van der Waals surface area (Å²) in [6.07, 6.45) is 4.30. The van der Waals surface area contributed by atoms with Crippen LogP contribution in [-0.4, -0.2) is 10.1 Å². The number of hydrogen-bond donors (Lipinski definition) is 1. The molecule has 0 atom stereocenters. The van der Waals surface area contributed by atoms with Gasteiger partial charge in [-0.3, -0.25) is 4.98 Å². The van der Waals surface area contributed by atoms with Crippen molar-refractivity contribution in [3.63, 3.8) is 0 Å². The molecule has 0 aliphatic heterocycles. The Bertz CT molecular complexity index is 615. The smallest absolute Gasteiger partial charge is 0.151 e. The van der Waals surface area contributed by atoms with Crippen LogP contribution in [0.5, 0.6) is 11.5 Å². The molecule has 1 N–H and O–H groups in total. The van der Waals surface area contributed by atoms with Gasteiger partial charge >= 0.3 is 0 Å². The van der Waals surface area contributed by atoms with E-state index in [4.69, 9.17) is 4.74 Å². The zero-order chi connectivity index (χ0) is 15.5. The zero-order valence-corrected chi connectivity index (χ0v) is 13.2. The molecule has 0 unspecified atom stereocenters. The third-order valence-electron chi connectivity index (χ3n) is 3.52. The van der Waals surface area contributed by atoms with Crippen molar-refractivity contribution in [2.75, 3.05) is 0 Å². The van der Waals surface area contributed by atoms with Crippen LogP contribution in [0.3, 0.4) is 0 Å². The first-order chi connectivity index (χ1) is 9.95. The predicted octanol–water partition coefficient (Wildman–Crippen LogP) is 4.23. The maximum absolute atomic E-state index is 9.40. The summed E-state index contributed by atoms with van der Waals surface area (Å²) in [5, 5.41) is 9.40. The number of aliphatic hydroxyl groups is 1. The summed E-state index contributed by atoms with van der Waals surface area (Å²) < 4.78 is 6.04. The molecule has 0 bridgehead atoms. The number of aliphatic hydroxyl groups excluding tert-OH is 1. The number of hydrogen-bond acceptors (Lipinski definition) is 3. The lowest BCUT2D eigenvalue weighted by Gasteiger charge is -2.24. The largest absolute Gasteiger partial charge is 0.455 e. The Morgan fingerprint density at radius 1 is 1.14 bits per heavy atom. The highest BCUT2D eigenvalue weighted by Gasteiger charge is 2.20. The van der Waals surface area contributed by atoms with E-state index in [1.54, 1.807) is 18.5 Å². The molecule has 0 fully saturated rings. The molecule has 1 aromatic heterocycles. The van der Waals surface area contributed by atoms with E-state index in [1.165, 1.54) is 5.56 Å². The van der Waals surface area contributed by atoms with Crippen molar-refractivity contribution in [2.24, 2.45) is 0 Å². The van der Waals surface area contributed by atoms with Gasteiger partial charge in [0.15, 0.2) is 5.75 Å². The van der Waals surface area contributed by atoms with Gasteiger partial charge in [-0.15, -0.1) is 0 Å². The molecule has 2 aromatic rings. The Balaban J connectivity index is 2.44. The van der Waals surface area contributed by atoms with Crippen molar-refractivity contribution in [3.05, 3.63) is 53.3 Å². The molecule has 0 aliphatic rings. The fourth-order valence-corrected chi connectivity index (χ4v) is 2.22. The maximum Gasteiger partial charge on any atom is 0.151 e. The van der Waals surface area contributed by atoms with Crippen molar-refractivity contribution in [1.82, 2.24) is 4.98 Å². The molecular formula is C18H23NO2. The normalized spacial score (nSPS) is 11.5. The van der Waals surface area contributed by atoms with Gasteiger partial charge in [-0.1, -0.05) is 39.8 Å². The maximum atomic E-state index is 9.40. The summed E-state index contributed by atoms with van der Waals surface area (Å²) in [6, 6.07) is 8.06. The second-order valence-electron chi connectivity index (χ2n) is 6.18. The molecule has 1 aromatic carbocycles. The average Bonchev–Trinajstić information content (AvgIpc) is 2.47. The third-order valence-corrected chi connectivity index (χ3v) is 3.52.